The first-order valence-corrected chi connectivity index (χ1v) is 9.30. The van der Waals surface area contributed by atoms with Crippen molar-refractivity contribution < 1.29 is 18.7 Å². The first kappa shape index (κ1) is 19.6. The summed E-state index contributed by atoms with van der Waals surface area (Å²) in [6.45, 7) is 5.62. The number of rotatable bonds is 6. The Morgan fingerprint density at radius 3 is 2.57 bits per heavy atom. The van der Waals surface area contributed by atoms with Crippen LogP contribution in [0.1, 0.15) is 19.6 Å². The highest BCUT2D eigenvalue weighted by molar-refractivity contribution is 7.80. The van der Waals surface area contributed by atoms with Crippen LogP contribution in [0.25, 0.3) is 6.08 Å². The molecule has 7 nitrogen and oxygen atoms in total. The zero-order valence-electron chi connectivity index (χ0n) is 15.9. The third kappa shape index (κ3) is 3.63. The van der Waals surface area contributed by atoms with Crippen LogP contribution in [-0.2, 0) is 9.59 Å². The molecule has 2 heterocycles. The van der Waals surface area contributed by atoms with Crippen molar-refractivity contribution in [3.63, 3.8) is 0 Å². The maximum absolute atomic E-state index is 13.1. The molecule has 1 aliphatic rings. The van der Waals surface area contributed by atoms with Crippen molar-refractivity contribution >= 4 is 46.8 Å². The highest BCUT2D eigenvalue weighted by Gasteiger charge is 2.36. The van der Waals surface area contributed by atoms with E-state index < -0.39 is 11.8 Å². The molecular formula is C20H21N3O4S. The summed E-state index contributed by atoms with van der Waals surface area (Å²) in [5.74, 6) is 0.447. The van der Waals surface area contributed by atoms with E-state index in [-0.39, 0.29) is 10.7 Å². The van der Waals surface area contributed by atoms with Crippen LogP contribution >= 0.6 is 12.2 Å². The number of para-hydroxylation sites is 2. The summed E-state index contributed by atoms with van der Waals surface area (Å²) >= 11 is 5.22. The average Bonchev–Trinajstić information content (AvgIpc) is 3.15. The molecule has 146 valence electrons. The zero-order chi connectivity index (χ0) is 20.3. The van der Waals surface area contributed by atoms with E-state index in [2.05, 4.69) is 5.32 Å². The van der Waals surface area contributed by atoms with Gasteiger partial charge < -0.3 is 14.1 Å². The molecule has 1 aliphatic heterocycles. The van der Waals surface area contributed by atoms with E-state index in [9.17, 15) is 9.59 Å². The van der Waals surface area contributed by atoms with Crippen LogP contribution in [0.2, 0.25) is 0 Å². The second-order valence-corrected chi connectivity index (χ2v) is 6.36. The Bertz CT molecular complexity index is 946. The summed E-state index contributed by atoms with van der Waals surface area (Å²) in [6, 6.07) is 10.5. The maximum Gasteiger partial charge on any atom is 0.270 e. The van der Waals surface area contributed by atoms with E-state index in [1.807, 2.05) is 24.8 Å². The molecule has 1 N–H and O–H groups in total. The summed E-state index contributed by atoms with van der Waals surface area (Å²) in [5, 5.41) is 2.55. The van der Waals surface area contributed by atoms with Gasteiger partial charge in [0.05, 0.1) is 12.8 Å². The summed E-state index contributed by atoms with van der Waals surface area (Å²) in [5.41, 5.74) is 0.383. The maximum atomic E-state index is 13.1. The molecule has 0 atom stereocenters. The number of carbonyl (C=O) groups excluding carboxylic acids is 2. The summed E-state index contributed by atoms with van der Waals surface area (Å²) in [6.07, 6.45) is 1.43. The van der Waals surface area contributed by atoms with Gasteiger partial charge in [-0.05, 0) is 50.3 Å². The number of hydrogen-bond acceptors (Lipinski definition) is 6. The number of furan rings is 1. The third-order valence-corrected chi connectivity index (χ3v) is 4.69. The zero-order valence-corrected chi connectivity index (χ0v) is 16.7. The molecule has 1 fully saturated rings. The number of carbonyl (C=O) groups is 2. The normalized spacial score (nSPS) is 15.8. The van der Waals surface area contributed by atoms with Crippen LogP contribution in [-0.4, -0.2) is 37.1 Å². The first-order chi connectivity index (χ1) is 13.5. The summed E-state index contributed by atoms with van der Waals surface area (Å²) in [7, 11) is 1.50. The van der Waals surface area contributed by atoms with Gasteiger partial charge in [0.15, 0.2) is 11.0 Å². The minimum absolute atomic E-state index is 0.0000694. The lowest BCUT2D eigenvalue weighted by molar-refractivity contribution is -0.122. The first-order valence-electron chi connectivity index (χ1n) is 8.89. The van der Waals surface area contributed by atoms with Crippen molar-refractivity contribution in [1.29, 1.82) is 0 Å². The Hall–Kier alpha value is -3.13. The van der Waals surface area contributed by atoms with Gasteiger partial charge in [-0.15, -0.1) is 0 Å². The minimum Gasteiger partial charge on any atom is -0.495 e. The van der Waals surface area contributed by atoms with Gasteiger partial charge in [-0.2, -0.15) is 0 Å². The van der Waals surface area contributed by atoms with Gasteiger partial charge in [-0.3, -0.25) is 14.9 Å². The van der Waals surface area contributed by atoms with E-state index in [0.717, 1.165) is 13.1 Å². The van der Waals surface area contributed by atoms with E-state index >= 15 is 0 Å². The fourth-order valence-corrected chi connectivity index (χ4v) is 3.23. The molecule has 0 saturated carbocycles. The van der Waals surface area contributed by atoms with Gasteiger partial charge >= 0.3 is 0 Å². The second kappa shape index (κ2) is 8.26. The van der Waals surface area contributed by atoms with Crippen molar-refractivity contribution in [2.24, 2.45) is 0 Å². The van der Waals surface area contributed by atoms with Crippen molar-refractivity contribution in [1.82, 2.24) is 5.32 Å². The van der Waals surface area contributed by atoms with Crippen LogP contribution in [0.4, 0.5) is 11.6 Å². The topological polar surface area (TPSA) is 75.0 Å². The predicted molar refractivity (Wildman–Crippen MR) is 111 cm³/mol. The van der Waals surface area contributed by atoms with Crippen LogP contribution in [0.15, 0.2) is 46.4 Å². The van der Waals surface area contributed by atoms with Crippen molar-refractivity contribution in [3.8, 4) is 5.75 Å². The van der Waals surface area contributed by atoms with Crippen LogP contribution < -0.4 is 19.9 Å². The summed E-state index contributed by atoms with van der Waals surface area (Å²) in [4.78, 5) is 28.8. The number of nitrogens with zero attached hydrogens (tertiary/aromatic N) is 2. The number of benzene rings is 1. The van der Waals surface area contributed by atoms with Crippen molar-refractivity contribution in [3.05, 3.63) is 47.7 Å². The van der Waals surface area contributed by atoms with Gasteiger partial charge in [-0.25, -0.2) is 4.90 Å². The second-order valence-electron chi connectivity index (χ2n) is 5.98. The lowest BCUT2D eigenvalue weighted by atomic mass is 10.1. The number of nitrogens with one attached hydrogen (secondary N) is 1. The van der Waals surface area contributed by atoms with E-state index in [4.69, 9.17) is 21.4 Å². The molecule has 3 rings (SSSR count). The predicted octanol–water partition coefficient (Wildman–Crippen LogP) is 2.97. The molecule has 1 saturated heterocycles. The van der Waals surface area contributed by atoms with Crippen molar-refractivity contribution in [2.75, 3.05) is 30.0 Å². The monoisotopic (exact) mass is 399 g/mol. The molecule has 0 spiro atoms. The number of hydrogen-bond donors (Lipinski definition) is 1. The highest BCUT2D eigenvalue weighted by atomic mass is 32.1. The molecule has 0 bridgehead atoms. The fraction of sp³-hybridized carbons (Fsp3) is 0.250. The molecule has 2 amide bonds. The lowest BCUT2D eigenvalue weighted by Crippen LogP contribution is -2.54. The van der Waals surface area contributed by atoms with Gasteiger partial charge in [0.25, 0.3) is 11.8 Å². The van der Waals surface area contributed by atoms with Crippen LogP contribution in [0.5, 0.6) is 5.75 Å². The highest BCUT2D eigenvalue weighted by Crippen LogP contribution is 2.31. The standard InChI is InChI=1S/C20H21N3O4S/c1-4-22(5-2)17-11-10-13(27-17)12-14-18(24)21-20(28)23(19(14)25)15-8-6-7-9-16(15)26-3/h6-12H,4-5H2,1-3H3,(H,21,24,28). The largest absolute Gasteiger partial charge is 0.495 e. The number of thiocarbonyl (C=S) groups is 1. The Balaban J connectivity index is 1.97. The third-order valence-electron chi connectivity index (χ3n) is 4.40. The molecule has 28 heavy (non-hydrogen) atoms. The van der Waals surface area contributed by atoms with E-state index in [1.165, 1.54) is 18.1 Å². The van der Waals surface area contributed by atoms with Crippen LogP contribution in [0.3, 0.4) is 0 Å². The van der Waals surface area contributed by atoms with Gasteiger partial charge in [0, 0.05) is 19.2 Å². The molecule has 0 aliphatic carbocycles. The Morgan fingerprint density at radius 1 is 1.18 bits per heavy atom. The molecule has 0 radical (unpaired) electrons. The number of methoxy groups -OCH3 is 1. The quantitative estimate of drug-likeness (QED) is 0.457. The van der Waals surface area contributed by atoms with Gasteiger partial charge in [-0.1, -0.05) is 12.1 Å². The Morgan fingerprint density at radius 2 is 1.89 bits per heavy atom. The van der Waals surface area contributed by atoms with E-state index in [0.29, 0.717) is 23.1 Å². The average molecular weight is 399 g/mol. The van der Waals surface area contributed by atoms with Crippen molar-refractivity contribution in [2.45, 2.75) is 13.8 Å². The Labute approximate surface area is 168 Å². The smallest absolute Gasteiger partial charge is 0.270 e. The lowest BCUT2D eigenvalue weighted by Gasteiger charge is -2.29. The number of anilines is 2. The molecule has 8 heteroatoms. The Kier molecular flexibility index (Phi) is 5.79. The number of ether oxygens (including phenoxy) is 1. The molecule has 1 aromatic heterocycles. The minimum atomic E-state index is -0.568. The summed E-state index contributed by atoms with van der Waals surface area (Å²) < 4.78 is 11.1. The van der Waals surface area contributed by atoms with E-state index in [1.54, 1.807) is 30.3 Å². The SMILES string of the molecule is CCN(CC)c1ccc(C=C2C(=O)NC(=S)N(c3ccccc3OC)C2=O)o1. The number of amides is 2. The van der Waals surface area contributed by atoms with Crippen LogP contribution in [0, 0.1) is 0 Å². The molecule has 0 unspecified atom stereocenters. The molecular weight excluding hydrogens is 378 g/mol. The van der Waals surface area contributed by atoms with Gasteiger partial charge in [0.1, 0.15) is 17.1 Å². The van der Waals surface area contributed by atoms with Gasteiger partial charge in [0.2, 0.25) is 0 Å². The fourth-order valence-electron chi connectivity index (χ4n) is 2.96. The molecule has 2 aromatic rings. The molecule has 1 aromatic carbocycles.